The van der Waals surface area contributed by atoms with Gasteiger partial charge in [0.25, 0.3) is 0 Å². The van der Waals surface area contributed by atoms with Crippen LogP contribution in [0.25, 0.3) is 0 Å². The van der Waals surface area contributed by atoms with Crippen LogP contribution in [0.3, 0.4) is 0 Å². The molecule has 0 aromatic carbocycles. The molecular weight excluding hydrogens is 221 g/mol. The van der Waals surface area contributed by atoms with Crippen LogP contribution in [0.2, 0.25) is 0 Å². The molecule has 0 radical (unpaired) electrons. The van der Waals surface area contributed by atoms with Gasteiger partial charge in [0, 0.05) is 7.05 Å². The number of rotatable bonds is 3. The molecule has 0 aliphatic rings. The summed E-state index contributed by atoms with van der Waals surface area (Å²) in [4.78, 5) is 0. The van der Waals surface area contributed by atoms with Gasteiger partial charge < -0.3 is 11.1 Å². The molecule has 0 atom stereocenters. The van der Waals surface area contributed by atoms with Gasteiger partial charge in [-0.3, -0.25) is 4.68 Å². The monoisotopic (exact) mass is 236 g/mol. The molecule has 0 spiro atoms. The van der Waals surface area contributed by atoms with E-state index in [0.29, 0.717) is 5.69 Å². The molecule has 1 rings (SSSR count). The molecule has 1 aromatic rings. The first-order chi connectivity index (χ1) is 7.22. The van der Waals surface area contributed by atoms with E-state index < -0.39 is 12.7 Å². The van der Waals surface area contributed by atoms with E-state index >= 15 is 0 Å². The molecule has 1 aromatic heterocycles. The number of alkyl halides is 3. The lowest BCUT2D eigenvalue weighted by Crippen LogP contribution is -2.22. The molecule has 7 heteroatoms. The third kappa shape index (κ3) is 2.80. The number of anilines is 2. The fourth-order valence-corrected chi connectivity index (χ4v) is 1.38. The number of nitrogens with zero attached hydrogens (tertiary/aromatic N) is 2. The molecule has 0 amide bonds. The number of aryl methyl sites for hydroxylation is 1. The standard InChI is InChI=1S/C9H15F3N4/c1-5(2)7-6(13)8(16(3)15-7)14-4-9(10,11)12/h5,14H,4,13H2,1-3H3. The Kier molecular flexibility index (Phi) is 3.35. The fraction of sp³-hybridized carbons (Fsp3) is 0.667. The van der Waals surface area contributed by atoms with Crippen LogP contribution in [0.5, 0.6) is 0 Å². The van der Waals surface area contributed by atoms with Gasteiger partial charge in [0.2, 0.25) is 0 Å². The van der Waals surface area contributed by atoms with Crippen LogP contribution in [-0.4, -0.2) is 22.5 Å². The van der Waals surface area contributed by atoms with Gasteiger partial charge in [-0.1, -0.05) is 13.8 Å². The zero-order valence-corrected chi connectivity index (χ0v) is 9.39. The van der Waals surface area contributed by atoms with Gasteiger partial charge in [-0.05, 0) is 5.92 Å². The summed E-state index contributed by atoms with van der Waals surface area (Å²) in [5.41, 5.74) is 6.60. The SMILES string of the molecule is CC(C)c1nn(C)c(NCC(F)(F)F)c1N. The van der Waals surface area contributed by atoms with Crippen molar-refractivity contribution < 1.29 is 13.2 Å². The van der Waals surface area contributed by atoms with Crippen molar-refractivity contribution in [3.05, 3.63) is 5.69 Å². The minimum atomic E-state index is -4.27. The highest BCUT2D eigenvalue weighted by molar-refractivity contribution is 5.65. The van der Waals surface area contributed by atoms with Crippen molar-refractivity contribution in [1.82, 2.24) is 9.78 Å². The van der Waals surface area contributed by atoms with Gasteiger partial charge >= 0.3 is 6.18 Å². The average molecular weight is 236 g/mol. The lowest BCUT2D eigenvalue weighted by Gasteiger charge is -2.10. The number of nitrogen functional groups attached to an aromatic ring is 1. The van der Waals surface area contributed by atoms with Crippen LogP contribution >= 0.6 is 0 Å². The van der Waals surface area contributed by atoms with Crippen molar-refractivity contribution in [3.8, 4) is 0 Å². The van der Waals surface area contributed by atoms with Gasteiger partial charge in [-0.15, -0.1) is 0 Å². The highest BCUT2D eigenvalue weighted by atomic mass is 19.4. The minimum Gasteiger partial charge on any atom is -0.394 e. The minimum absolute atomic E-state index is 0.0765. The van der Waals surface area contributed by atoms with Crippen LogP contribution in [0, 0.1) is 0 Å². The predicted molar refractivity (Wildman–Crippen MR) is 56.3 cm³/mol. The largest absolute Gasteiger partial charge is 0.405 e. The summed E-state index contributed by atoms with van der Waals surface area (Å²) >= 11 is 0. The van der Waals surface area contributed by atoms with Crippen LogP contribution in [0.1, 0.15) is 25.5 Å². The van der Waals surface area contributed by atoms with Crippen LogP contribution in [-0.2, 0) is 7.05 Å². The van der Waals surface area contributed by atoms with Crippen molar-refractivity contribution in [3.63, 3.8) is 0 Å². The highest BCUT2D eigenvalue weighted by Gasteiger charge is 2.28. The smallest absolute Gasteiger partial charge is 0.394 e. The summed E-state index contributed by atoms with van der Waals surface area (Å²) in [6.45, 7) is 2.65. The zero-order chi connectivity index (χ0) is 12.5. The molecule has 92 valence electrons. The molecule has 0 bridgehead atoms. The predicted octanol–water partition coefficient (Wildman–Crippen LogP) is 2.10. The Labute approximate surface area is 91.6 Å². The molecule has 16 heavy (non-hydrogen) atoms. The Morgan fingerprint density at radius 3 is 2.38 bits per heavy atom. The second-order valence-corrected chi connectivity index (χ2v) is 3.89. The quantitative estimate of drug-likeness (QED) is 0.845. The molecule has 0 aliphatic heterocycles. The van der Waals surface area contributed by atoms with Gasteiger partial charge in [-0.25, -0.2) is 0 Å². The van der Waals surface area contributed by atoms with Crippen LogP contribution in [0.15, 0.2) is 0 Å². The summed E-state index contributed by atoms with van der Waals surface area (Å²) in [6.07, 6.45) is -4.27. The number of nitrogens with two attached hydrogens (primary N) is 1. The average Bonchev–Trinajstić information content (AvgIpc) is 2.38. The molecule has 0 saturated carbocycles. The summed E-state index contributed by atoms with van der Waals surface area (Å²) in [7, 11) is 1.56. The summed E-state index contributed by atoms with van der Waals surface area (Å²) < 4.78 is 37.4. The Morgan fingerprint density at radius 2 is 2.00 bits per heavy atom. The number of halogens is 3. The summed E-state index contributed by atoms with van der Waals surface area (Å²) in [5, 5.41) is 6.32. The number of aromatic nitrogens is 2. The Bertz CT molecular complexity index is 368. The molecule has 4 nitrogen and oxygen atoms in total. The first kappa shape index (κ1) is 12.7. The highest BCUT2D eigenvalue weighted by Crippen LogP contribution is 2.28. The lowest BCUT2D eigenvalue weighted by atomic mass is 10.1. The van der Waals surface area contributed by atoms with Gasteiger partial charge in [-0.2, -0.15) is 18.3 Å². The maximum Gasteiger partial charge on any atom is 0.405 e. The van der Waals surface area contributed by atoms with Crippen molar-refractivity contribution >= 4 is 11.5 Å². The first-order valence-electron chi connectivity index (χ1n) is 4.85. The van der Waals surface area contributed by atoms with E-state index in [1.807, 2.05) is 13.8 Å². The Balaban J connectivity index is 2.89. The van der Waals surface area contributed by atoms with Gasteiger partial charge in [0.15, 0.2) is 0 Å². The van der Waals surface area contributed by atoms with Crippen LogP contribution < -0.4 is 11.1 Å². The molecular formula is C9H15F3N4. The van der Waals surface area contributed by atoms with E-state index in [-0.39, 0.29) is 17.4 Å². The molecule has 0 aliphatic carbocycles. The van der Waals surface area contributed by atoms with Gasteiger partial charge in [0.1, 0.15) is 12.4 Å². The Morgan fingerprint density at radius 1 is 1.44 bits per heavy atom. The second-order valence-electron chi connectivity index (χ2n) is 3.89. The molecule has 0 saturated heterocycles. The van der Waals surface area contributed by atoms with Crippen molar-refractivity contribution in [1.29, 1.82) is 0 Å². The van der Waals surface area contributed by atoms with E-state index in [9.17, 15) is 13.2 Å². The van der Waals surface area contributed by atoms with Gasteiger partial charge in [0.05, 0.1) is 11.4 Å². The van der Waals surface area contributed by atoms with E-state index in [1.54, 1.807) is 7.05 Å². The fourth-order valence-electron chi connectivity index (χ4n) is 1.38. The topological polar surface area (TPSA) is 55.9 Å². The second kappa shape index (κ2) is 4.23. The van der Waals surface area contributed by atoms with E-state index in [4.69, 9.17) is 5.73 Å². The first-order valence-corrected chi connectivity index (χ1v) is 4.85. The summed E-state index contributed by atoms with van der Waals surface area (Å²) in [6, 6.07) is 0. The molecule has 3 N–H and O–H groups in total. The molecule has 0 unspecified atom stereocenters. The molecule has 0 fully saturated rings. The van der Waals surface area contributed by atoms with Crippen molar-refractivity contribution in [2.45, 2.75) is 25.9 Å². The molecule has 1 heterocycles. The lowest BCUT2D eigenvalue weighted by molar-refractivity contribution is -0.115. The van der Waals surface area contributed by atoms with E-state index in [2.05, 4.69) is 10.4 Å². The number of hydrogen-bond donors (Lipinski definition) is 2. The maximum atomic E-state index is 12.0. The normalized spacial score (nSPS) is 12.2. The van der Waals surface area contributed by atoms with E-state index in [0.717, 1.165) is 0 Å². The van der Waals surface area contributed by atoms with Crippen molar-refractivity contribution in [2.24, 2.45) is 7.05 Å². The maximum absolute atomic E-state index is 12.0. The third-order valence-electron chi connectivity index (χ3n) is 2.12. The number of nitrogens with one attached hydrogen (secondary N) is 1. The van der Waals surface area contributed by atoms with E-state index in [1.165, 1.54) is 4.68 Å². The summed E-state index contributed by atoms with van der Waals surface area (Å²) in [5.74, 6) is 0.286. The number of hydrogen-bond acceptors (Lipinski definition) is 3. The van der Waals surface area contributed by atoms with Crippen molar-refractivity contribution in [2.75, 3.05) is 17.6 Å². The Hall–Kier alpha value is -1.40. The zero-order valence-electron chi connectivity index (χ0n) is 9.39. The third-order valence-corrected chi connectivity index (χ3v) is 2.12. The van der Waals surface area contributed by atoms with Crippen LogP contribution in [0.4, 0.5) is 24.7 Å².